The highest BCUT2D eigenvalue weighted by Gasteiger charge is 2.09. The molecule has 2 nitrogen and oxygen atoms in total. The second kappa shape index (κ2) is 5.50. The molecule has 0 aromatic heterocycles. The van der Waals surface area contributed by atoms with Gasteiger partial charge in [0.1, 0.15) is 5.82 Å². The molecule has 0 aliphatic heterocycles. The maximum Gasteiger partial charge on any atom is 0.301 e. The summed E-state index contributed by atoms with van der Waals surface area (Å²) >= 11 is 11.6. The topological polar surface area (TPSA) is 29.1 Å². The standard InChI is InChI=1S/C9H3Br2ClFNO/c10-2-1-8(15)14-9-6(11)3-5(13)4-7(9)12/h3-4H,(H,14,15). The van der Waals surface area contributed by atoms with E-state index in [0.717, 1.165) is 6.07 Å². The molecule has 0 atom stereocenters. The molecule has 1 rings (SSSR count). The molecule has 1 aromatic carbocycles. The predicted octanol–water partition coefficient (Wildman–Crippen LogP) is 3.54. The van der Waals surface area contributed by atoms with Gasteiger partial charge in [-0.2, -0.15) is 0 Å². The maximum atomic E-state index is 12.8. The van der Waals surface area contributed by atoms with Gasteiger partial charge in [-0.05, 0) is 32.9 Å². The summed E-state index contributed by atoms with van der Waals surface area (Å²) in [5.74, 6) is 1.18. The summed E-state index contributed by atoms with van der Waals surface area (Å²) in [6.45, 7) is 0. The van der Waals surface area contributed by atoms with Crippen LogP contribution in [-0.4, -0.2) is 5.91 Å². The Labute approximate surface area is 107 Å². The first kappa shape index (κ1) is 12.5. The molecule has 0 saturated heterocycles. The van der Waals surface area contributed by atoms with Crippen LogP contribution in [0.3, 0.4) is 0 Å². The average molecular weight is 355 g/mol. The lowest BCUT2D eigenvalue weighted by Crippen LogP contribution is -2.09. The van der Waals surface area contributed by atoms with E-state index in [2.05, 4.69) is 47.9 Å². The second-order valence-corrected chi connectivity index (χ2v) is 4.08. The van der Waals surface area contributed by atoms with Crippen molar-refractivity contribution in [2.24, 2.45) is 0 Å². The number of carbonyl (C=O) groups excluding carboxylic acids is 1. The molecule has 78 valence electrons. The lowest BCUT2D eigenvalue weighted by atomic mass is 10.3. The number of nitrogens with one attached hydrogen (secondary N) is 1. The van der Waals surface area contributed by atoms with E-state index in [1.54, 1.807) is 0 Å². The largest absolute Gasteiger partial charge is 0.313 e. The summed E-state index contributed by atoms with van der Waals surface area (Å²) in [6, 6.07) is 2.30. The highest BCUT2D eigenvalue weighted by atomic mass is 79.9. The van der Waals surface area contributed by atoms with Crippen LogP contribution in [0.2, 0.25) is 5.02 Å². The van der Waals surface area contributed by atoms with Crippen LogP contribution in [0.4, 0.5) is 10.1 Å². The van der Waals surface area contributed by atoms with Crippen molar-refractivity contribution in [1.82, 2.24) is 0 Å². The first-order valence-electron chi connectivity index (χ1n) is 3.61. The number of halogens is 4. The predicted molar refractivity (Wildman–Crippen MR) is 64.4 cm³/mol. The van der Waals surface area contributed by atoms with Gasteiger partial charge in [-0.1, -0.05) is 11.6 Å². The van der Waals surface area contributed by atoms with Gasteiger partial charge in [0.25, 0.3) is 0 Å². The zero-order chi connectivity index (χ0) is 11.4. The molecule has 1 N–H and O–H groups in total. The van der Waals surface area contributed by atoms with Crippen molar-refractivity contribution >= 4 is 55.1 Å². The monoisotopic (exact) mass is 353 g/mol. The van der Waals surface area contributed by atoms with Crippen LogP contribution in [0.1, 0.15) is 0 Å². The van der Waals surface area contributed by atoms with E-state index in [4.69, 9.17) is 11.6 Å². The lowest BCUT2D eigenvalue weighted by molar-refractivity contribution is -0.111. The van der Waals surface area contributed by atoms with Gasteiger partial charge >= 0.3 is 5.91 Å². The molecule has 0 saturated carbocycles. The fourth-order valence-corrected chi connectivity index (χ4v) is 1.93. The third-order valence-electron chi connectivity index (χ3n) is 1.41. The van der Waals surface area contributed by atoms with Gasteiger partial charge in [-0.25, -0.2) is 4.39 Å². The quantitative estimate of drug-likeness (QED) is 0.767. The molecule has 6 heteroatoms. The number of hydrogen-bond donors (Lipinski definition) is 1. The fraction of sp³-hybridized carbons (Fsp3) is 0. The number of anilines is 1. The number of amides is 1. The molecule has 0 heterocycles. The Morgan fingerprint density at radius 3 is 2.73 bits per heavy atom. The molecule has 0 spiro atoms. The van der Waals surface area contributed by atoms with Crippen LogP contribution >= 0.6 is 43.5 Å². The average Bonchev–Trinajstić information content (AvgIpc) is 2.11. The summed E-state index contributed by atoms with van der Waals surface area (Å²) in [5.41, 5.74) is 0.290. The molecule has 15 heavy (non-hydrogen) atoms. The van der Waals surface area contributed by atoms with E-state index < -0.39 is 11.7 Å². The Bertz CT molecular complexity index is 444. The zero-order valence-corrected chi connectivity index (χ0v) is 11.0. The van der Waals surface area contributed by atoms with E-state index in [-0.39, 0.29) is 5.02 Å². The van der Waals surface area contributed by atoms with E-state index in [0.29, 0.717) is 10.2 Å². The van der Waals surface area contributed by atoms with Gasteiger partial charge in [0.2, 0.25) is 0 Å². The first-order chi connectivity index (χ1) is 7.04. The molecule has 0 bridgehead atoms. The summed E-state index contributed by atoms with van der Waals surface area (Å²) in [4.78, 5) is 13.4. The minimum Gasteiger partial charge on any atom is -0.313 e. The highest BCUT2D eigenvalue weighted by molar-refractivity contribution is 9.12. The Morgan fingerprint density at radius 2 is 2.20 bits per heavy atom. The van der Waals surface area contributed by atoms with Crippen LogP contribution in [-0.2, 0) is 4.79 Å². The molecular formula is C9H3Br2ClFNO. The van der Waals surface area contributed by atoms with Crippen LogP contribution in [0.25, 0.3) is 0 Å². The van der Waals surface area contributed by atoms with Gasteiger partial charge < -0.3 is 5.32 Å². The number of carbonyl (C=O) groups is 1. The number of rotatable bonds is 1. The summed E-state index contributed by atoms with van der Waals surface area (Å²) in [6.07, 6.45) is 0. The van der Waals surface area contributed by atoms with E-state index in [9.17, 15) is 9.18 Å². The minimum atomic E-state index is -0.541. The summed E-state index contributed by atoms with van der Waals surface area (Å²) < 4.78 is 13.2. The van der Waals surface area contributed by atoms with Gasteiger partial charge in [0.05, 0.1) is 10.7 Å². The fourth-order valence-electron chi connectivity index (χ4n) is 0.849. The van der Waals surface area contributed by atoms with Gasteiger partial charge in [-0.3, -0.25) is 4.79 Å². The summed E-state index contributed by atoms with van der Waals surface area (Å²) in [5, 5.41) is 2.52. The molecule has 1 amide bonds. The van der Waals surface area contributed by atoms with Crippen molar-refractivity contribution in [3.63, 3.8) is 0 Å². The van der Waals surface area contributed by atoms with E-state index in [1.807, 2.05) is 0 Å². The summed E-state index contributed by atoms with van der Waals surface area (Å²) in [7, 11) is 0. The smallest absolute Gasteiger partial charge is 0.301 e. The van der Waals surface area contributed by atoms with E-state index >= 15 is 0 Å². The Hall–Kier alpha value is -0.570. The van der Waals surface area contributed by atoms with Crippen LogP contribution in [0.5, 0.6) is 0 Å². The molecule has 0 aliphatic carbocycles. The Morgan fingerprint density at radius 1 is 1.53 bits per heavy atom. The van der Waals surface area contributed by atoms with Crippen molar-refractivity contribution in [3.8, 4) is 10.8 Å². The van der Waals surface area contributed by atoms with Crippen molar-refractivity contribution < 1.29 is 9.18 Å². The third kappa shape index (κ3) is 3.49. The second-order valence-electron chi connectivity index (χ2n) is 2.42. The van der Waals surface area contributed by atoms with Crippen molar-refractivity contribution in [3.05, 3.63) is 27.4 Å². The maximum absolute atomic E-state index is 12.8. The Kier molecular flexibility index (Phi) is 4.58. The van der Waals surface area contributed by atoms with Gasteiger partial charge in [-0.15, -0.1) is 0 Å². The van der Waals surface area contributed by atoms with Crippen molar-refractivity contribution in [1.29, 1.82) is 0 Å². The normalized spacial score (nSPS) is 9.07. The van der Waals surface area contributed by atoms with Crippen molar-refractivity contribution in [2.75, 3.05) is 5.32 Å². The molecule has 0 radical (unpaired) electrons. The lowest BCUT2D eigenvalue weighted by Gasteiger charge is -2.06. The van der Waals surface area contributed by atoms with Crippen LogP contribution < -0.4 is 5.32 Å². The van der Waals surface area contributed by atoms with Crippen molar-refractivity contribution in [2.45, 2.75) is 0 Å². The van der Waals surface area contributed by atoms with E-state index in [1.165, 1.54) is 6.07 Å². The molecular weight excluding hydrogens is 352 g/mol. The number of benzene rings is 1. The van der Waals surface area contributed by atoms with Crippen LogP contribution in [0, 0.1) is 16.6 Å². The zero-order valence-electron chi connectivity index (χ0n) is 7.07. The first-order valence-corrected chi connectivity index (χ1v) is 5.58. The van der Waals surface area contributed by atoms with Crippen LogP contribution in [0.15, 0.2) is 16.6 Å². The molecule has 0 aliphatic rings. The molecule has 0 fully saturated rings. The van der Waals surface area contributed by atoms with Gasteiger partial charge in [0.15, 0.2) is 0 Å². The number of hydrogen-bond acceptors (Lipinski definition) is 1. The highest BCUT2D eigenvalue weighted by Crippen LogP contribution is 2.31. The Balaban J connectivity index is 3.03. The minimum absolute atomic E-state index is 0.103. The molecule has 1 aromatic rings. The van der Waals surface area contributed by atoms with Gasteiger partial charge in [0, 0.05) is 26.3 Å². The third-order valence-corrected chi connectivity index (χ3v) is 2.53. The molecule has 0 unspecified atom stereocenters. The SMILES string of the molecule is O=C(C#CBr)Nc1c(Cl)cc(F)cc1Br.